The standard InChI is InChI=1S/C14H18FNO2/c1-3-4-9-7-13(9)16-14(17)11-6-5-10(18-2)8-12(11)15/h5-6,8-9,13H,3-4,7H2,1-2H3,(H,16,17). The Morgan fingerprint density at radius 1 is 1.56 bits per heavy atom. The van der Waals surface area contributed by atoms with E-state index in [1.54, 1.807) is 6.07 Å². The van der Waals surface area contributed by atoms with E-state index in [9.17, 15) is 9.18 Å². The second kappa shape index (κ2) is 5.38. The van der Waals surface area contributed by atoms with E-state index >= 15 is 0 Å². The van der Waals surface area contributed by atoms with Gasteiger partial charge in [-0.05, 0) is 30.9 Å². The van der Waals surface area contributed by atoms with Gasteiger partial charge in [0.1, 0.15) is 11.6 Å². The summed E-state index contributed by atoms with van der Waals surface area (Å²) < 4.78 is 18.6. The smallest absolute Gasteiger partial charge is 0.254 e. The van der Waals surface area contributed by atoms with Gasteiger partial charge in [0.2, 0.25) is 0 Å². The zero-order valence-corrected chi connectivity index (χ0v) is 10.7. The number of hydrogen-bond donors (Lipinski definition) is 1. The molecule has 1 amide bonds. The SMILES string of the molecule is CCCC1CC1NC(=O)c1ccc(OC)cc1F. The summed E-state index contributed by atoms with van der Waals surface area (Å²) in [6.07, 6.45) is 3.25. The van der Waals surface area contributed by atoms with Crippen LogP contribution < -0.4 is 10.1 Å². The fourth-order valence-corrected chi connectivity index (χ4v) is 2.17. The molecule has 0 bridgehead atoms. The number of benzene rings is 1. The van der Waals surface area contributed by atoms with Gasteiger partial charge in [-0.2, -0.15) is 0 Å². The van der Waals surface area contributed by atoms with Crippen LogP contribution in [0.2, 0.25) is 0 Å². The number of ether oxygens (including phenoxy) is 1. The predicted molar refractivity (Wildman–Crippen MR) is 67.2 cm³/mol. The zero-order valence-electron chi connectivity index (χ0n) is 10.7. The Morgan fingerprint density at radius 2 is 2.33 bits per heavy atom. The first kappa shape index (κ1) is 12.9. The third kappa shape index (κ3) is 2.81. The second-order valence-electron chi connectivity index (χ2n) is 4.71. The number of rotatable bonds is 5. The van der Waals surface area contributed by atoms with Crippen LogP contribution in [0.3, 0.4) is 0 Å². The number of hydrogen-bond acceptors (Lipinski definition) is 2. The molecule has 3 nitrogen and oxygen atoms in total. The number of carbonyl (C=O) groups excluding carboxylic acids is 1. The van der Waals surface area contributed by atoms with Crippen molar-refractivity contribution in [2.45, 2.75) is 32.2 Å². The van der Waals surface area contributed by atoms with Gasteiger partial charge < -0.3 is 10.1 Å². The molecular formula is C14H18FNO2. The van der Waals surface area contributed by atoms with Crippen molar-refractivity contribution < 1.29 is 13.9 Å². The highest BCUT2D eigenvalue weighted by Crippen LogP contribution is 2.34. The quantitative estimate of drug-likeness (QED) is 0.873. The van der Waals surface area contributed by atoms with Crippen LogP contribution in [0.15, 0.2) is 18.2 Å². The molecule has 1 fully saturated rings. The van der Waals surface area contributed by atoms with E-state index in [0.29, 0.717) is 11.7 Å². The van der Waals surface area contributed by atoms with Gasteiger partial charge in [0.25, 0.3) is 5.91 Å². The van der Waals surface area contributed by atoms with E-state index in [1.807, 2.05) is 0 Å². The summed E-state index contributed by atoms with van der Waals surface area (Å²) in [4.78, 5) is 11.9. The predicted octanol–water partition coefficient (Wildman–Crippen LogP) is 2.75. The van der Waals surface area contributed by atoms with Crippen molar-refractivity contribution in [3.05, 3.63) is 29.6 Å². The van der Waals surface area contributed by atoms with Crippen LogP contribution in [0, 0.1) is 11.7 Å². The van der Waals surface area contributed by atoms with E-state index in [4.69, 9.17) is 4.74 Å². The lowest BCUT2D eigenvalue weighted by atomic mass is 10.2. The van der Waals surface area contributed by atoms with Gasteiger partial charge in [0.15, 0.2) is 0 Å². The lowest BCUT2D eigenvalue weighted by Crippen LogP contribution is -2.27. The summed E-state index contributed by atoms with van der Waals surface area (Å²) in [5.41, 5.74) is 0.0814. The number of halogens is 1. The van der Waals surface area contributed by atoms with Crippen LogP contribution in [-0.4, -0.2) is 19.1 Å². The first-order valence-electron chi connectivity index (χ1n) is 6.30. The van der Waals surface area contributed by atoms with Gasteiger partial charge in [0.05, 0.1) is 12.7 Å². The maximum absolute atomic E-state index is 13.7. The number of carbonyl (C=O) groups is 1. The molecule has 0 aromatic heterocycles. The third-order valence-electron chi connectivity index (χ3n) is 3.32. The Kier molecular flexibility index (Phi) is 3.84. The normalized spacial score (nSPS) is 21.5. The first-order valence-corrected chi connectivity index (χ1v) is 6.30. The number of amides is 1. The molecule has 0 saturated heterocycles. The van der Waals surface area contributed by atoms with Crippen molar-refractivity contribution in [3.8, 4) is 5.75 Å². The molecule has 2 unspecified atom stereocenters. The monoisotopic (exact) mass is 251 g/mol. The van der Waals surface area contributed by atoms with Crippen LogP contribution in [-0.2, 0) is 0 Å². The summed E-state index contributed by atoms with van der Waals surface area (Å²) in [6.45, 7) is 2.13. The summed E-state index contributed by atoms with van der Waals surface area (Å²) >= 11 is 0. The first-order chi connectivity index (χ1) is 8.65. The molecule has 4 heteroatoms. The van der Waals surface area contributed by atoms with Crippen LogP contribution in [0.4, 0.5) is 4.39 Å². The Bertz CT molecular complexity index is 447. The molecule has 0 heterocycles. The third-order valence-corrected chi connectivity index (χ3v) is 3.32. The maximum atomic E-state index is 13.7. The van der Waals surface area contributed by atoms with Crippen molar-refractivity contribution in [3.63, 3.8) is 0 Å². The number of nitrogens with one attached hydrogen (secondary N) is 1. The van der Waals surface area contributed by atoms with Gasteiger partial charge in [-0.3, -0.25) is 4.79 Å². The summed E-state index contributed by atoms with van der Waals surface area (Å²) in [7, 11) is 1.47. The van der Waals surface area contributed by atoms with E-state index in [1.165, 1.54) is 19.2 Å². The lowest BCUT2D eigenvalue weighted by molar-refractivity contribution is 0.0944. The average Bonchev–Trinajstić information content (AvgIpc) is 3.07. The number of methoxy groups -OCH3 is 1. The molecule has 1 aliphatic rings. The van der Waals surface area contributed by atoms with E-state index in [0.717, 1.165) is 19.3 Å². The van der Waals surface area contributed by atoms with Crippen molar-refractivity contribution in [1.29, 1.82) is 0 Å². The molecule has 0 radical (unpaired) electrons. The molecule has 1 aromatic rings. The van der Waals surface area contributed by atoms with E-state index in [2.05, 4.69) is 12.2 Å². The summed E-state index contributed by atoms with van der Waals surface area (Å²) in [6, 6.07) is 4.50. The van der Waals surface area contributed by atoms with Gasteiger partial charge >= 0.3 is 0 Å². The fourth-order valence-electron chi connectivity index (χ4n) is 2.17. The molecule has 1 aliphatic carbocycles. The van der Waals surface area contributed by atoms with Crippen LogP contribution in [0.5, 0.6) is 5.75 Å². The molecule has 0 aliphatic heterocycles. The van der Waals surface area contributed by atoms with E-state index in [-0.39, 0.29) is 17.5 Å². The minimum Gasteiger partial charge on any atom is -0.497 e. The molecular weight excluding hydrogens is 233 g/mol. The minimum absolute atomic E-state index is 0.0814. The average molecular weight is 251 g/mol. The van der Waals surface area contributed by atoms with E-state index < -0.39 is 5.82 Å². The highest BCUT2D eigenvalue weighted by atomic mass is 19.1. The van der Waals surface area contributed by atoms with Crippen molar-refractivity contribution >= 4 is 5.91 Å². The topological polar surface area (TPSA) is 38.3 Å². The fraction of sp³-hybridized carbons (Fsp3) is 0.500. The molecule has 1 saturated carbocycles. The maximum Gasteiger partial charge on any atom is 0.254 e. The van der Waals surface area contributed by atoms with Gasteiger partial charge in [-0.15, -0.1) is 0 Å². The molecule has 1 N–H and O–H groups in total. The molecule has 2 rings (SSSR count). The Hall–Kier alpha value is -1.58. The van der Waals surface area contributed by atoms with Gasteiger partial charge in [0, 0.05) is 12.1 Å². The van der Waals surface area contributed by atoms with Gasteiger partial charge in [-0.25, -0.2) is 4.39 Å². The van der Waals surface area contributed by atoms with Crippen molar-refractivity contribution in [2.75, 3.05) is 7.11 Å². The highest BCUT2D eigenvalue weighted by molar-refractivity contribution is 5.95. The summed E-state index contributed by atoms with van der Waals surface area (Å²) in [5, 5.41) is 2.86. The van der Waals surface area contributed by atoms with Crippen LogP contribution in [0.25, 0.3) is 0 Å². The molecule has 0 spiro atoms. The zero-order chi connectivity index (χ0) is 13.1. The Balaban J connectivity index is 1.97. The van der Waals surface area contributed by atoms with Gasteiger partial charge in [-0.1, -0.05) is 13.3 Å². The summed E-state index contributed by atoms with van der Waals surface area (Å²) in [5.74, 6) is 0.109. The molecule has 2 atom stereocenters. The Labute approximate surface area is 106 Å². The molecule has 1 aromatic carbocycles. The second-order valence-corrected chi connectivity index (χ2v) is 4.71. The van der Waals surface area contributed by atoms with Crippen LogP contribution >= 0.6 is 0 Å². The van der Waals surface area contributed by atoms with Crippen molar-refractivity contribution in [2.24, 2.45) is 5.92 Å². The Morgan fingerprint density at radius 3 is 2.94 bits per heavy atom. The molecule has 98 valence electrons. The lowest BCUT2D eigenvalue weighted by Gasteiger charge is -2.07. The van der Waals surface area contributed by atoms with Crippen molar-refractivity contribution in [1.82, 2.24) is 5.32 Å². The highest BCUT2D eigenvalue weighted by Gasteiger charge is 2.37. The minimum atomic E-state index is -0.542. The molecule has 18 heavy (non-hydrogen) atoms. The largest absolute Gasteiger partial charge is 0.497 e. The van der Waals surface area contributed by atoms with Crippen LogP contribution in [0.1, 0.15) is 36.5 Å².